The van der Waals surface area contributed by atoms with E-state index < -0.39 is 0 Å². The molecule has 1 aliphatic carbocycles. The van der Waals surface area contributed by atoms with Crippen molar-refractivity contribution in [3.8, 4) is 22.3 Å². The summed E-state index contributed by atoms with van der Waals surface area (Å²) in [5.41, 5.74) is 11.3. The number of fused-ring (bicyclic) bond motifs is 7. The molecule has 0 bridgehead atoms. The van der Waals surface area contributed by atoms with Crippen LogP contribution in [-0.2, 0) is 10.8 Å². The Morgan fingerprint density at radius 3 is 1.73 bits per heavy atom. The summed E-state index contributed by atoms with van der Waals surface area (Å²) in [6.07, 6.45) is 0. The zero-order chi connectivity index (χ0) is 30.8. The van der Waals surface area contributed by atoms with E-state index in [0.29, 0.717) is 0 Å². The highest BCUT2D eigenvalue weighted by Crippen LogP contribution is 2.56. The molecule has 0 unspecified atom stereocenters. The monoisotopic (exact) mass is 579 g/mol. The SMILES string of the molecule is CC1(C)c2cc(N(c3ccccc3)c3ccc(-c4ccccc4)cc3)ccc2-c2c(ccc3c2ccc2ccccc23)C1(C)C. The zero-order valence-corrected chi connectivity index (χ0v) is 26.4. The summed E-state index contributed by atoms with van der Waals surface area (Å²) in [7, 11) is 0. The Bertz CT molecular complexity index is 2190. The maximum absolute atomic E-state index is 2.46. The van der Waals surface area contributed by atoms with Crippen molar-refractivity contribution in [2.75, 3.05) is 4.90 Å². The second kappa shape index (κ2) is 10.2. The summed E-state index contributed by atoms with van der Waals surface area (Å²) < 4.78 is 0. The van der Waals surface area contributed by atoms with Crippen molar-refractivity contribution in [3.63, 3.8) is 0 Å². The summed E-state index contributed by atoms with van der Waals surface area (Å²) in [4.78, 5) is 2.39. The molecule has 0 fully saturated rings. The van der Waals surface area contributed by atoms with Gasteiger partial charge in [-0.25, -0.2) is 0 Å². The molecule has 0 saturated heterocycles. The second-order valence-corrected chi connectivity index (χ2v) is 13.4. The zero-order valence-electron chi connectivity index (χ0n) is 26.4. The molecular formula is C44H37N. The quantitative estimate of drug-likeness (QED) is 0.187. The minimum Gasteiger partial charge on any atom is -0.310 e. The van der Waals surface area contributed by atoms with Gasteiger partial charge in [0.25, 0.3) is 0 Å². The topological polar surface area (TPSA) is 3.24 Å². The Labute approximate surface area is 266 Å². The lowest BCUT2D eigenvalue weighted by Gasteiger charge is -2.49. The molecule has 0 heterocycles. The van der Waals surface area contributed by atoms with Crippen molar-refractivity contribution in [1.82, 2.24) is 0 Å². The first kappa shape index (κ1) is 27.4. The van der Waals surface area contributed by atoms with Crippen molar-refractivity contribution >= 4 is 38.6 Å². The highest BCUT2D eigenvalue weighted by atomic mass is 15.1. The molecule has 7 aromatic rings. The first-order chi connectivity index (χ1) is 21.8. The third-order valence-electron chi connectivity index (χ3n) is 10.6. The van der Waals surface area contributed by atoms with Crippen molar-refractivity contribution in [3.05, 3.63) is 163 Å². The van der Waals surface area contributed by atoms with Gasteiger partial charge in [-0.05, 0) is 102 Å². The highest BCUT2D eigenvalue weighted by molar-refractivity contribution is 6.13. The Balaban J connectivity index is 1.33. The maximum atomic E-state index is 2.46. The van der Waals surface area contributed by atoms with E-state index >= 15 is 0 Å². The molecule has 1 aliphatic rings. The summed E-state index contributed by atoms with van der Waals surface area (Å²) >= 11 is 0. The van der Waals surface area contributed by atoms with E-state index in [1.807, 2.05) is 0 Å². The van der Waals surface area contributed by atoms with Gasteiger partial charge in [-0.3, -0.25) is 0 Å². The number of hydrogen-bond acceptors (Lipinski definition) is 1. The van der Waals surface area contributed by atoms with Gasteiger partial charge in [0, 0.05) is 17.1 Å². The molecule has 0 aromatic heterocycles. The first-order valence-corrected chi connectivity index (χ1v) is 16.0. The van der Waals surface area contributed by atoms with Crippen LogP contribution < -0.4 is 4.90 Å². The van der Waals surface area contributed by atoms with Crippen LogP contribution in [0.15, 0.2) is 152 Å². The van der Waals surface area contributed by atoms with Crippen molar-refractivity contribution < 1.29 is 0 Å². The predicted octanol–water partition coefficient (Wildman–Crippen LogP) is 12.4. The molecule has 7 aromatic carbocycles. The lowest BCUT2D eigenvalue weighted by Crippen LogP contribution is -2.43. The van der Waals surface area contributed by atoms with E-state index in [1.165, 1.54) is 60.6 Å². The number of rotatable bonds is 4. The minimum atomic E-state index is -0.102. The average Bonchev–Trinajstić information content (AvgIpc) is 3.08. The van der Waals surface area contributed by atoms with Crippen molar-refractivity contribution in [2.45, 2.75) is 38.5 Å². The predicted molar refractivity (Wildman–Crippen MR) is 193 cm³/mol. The summed E-state index contributed by atoms with van der Waals surface area (Å²) in [5.74, 6) is 0. The van der Waals surface area contributed by atoms with Crippen LogP contribution in [0.4, 0.5) is 17.1 Å². The van der Waals surface area contributed by atoms with E-state index in [-0.39, 0.29) is 10.8 Å². The van der Waals surface area contributed by atoms with Crippen LogP contribution in [0.5, 0.6) is 0 Å². The van der Waals surface area contributed by atoms with Gasteiger partial charge in [0.2, 0.25) is 0 Å². The molecule has 1 nitrogen and oxygen atoms in total. The summed E-state index contributed by atoms with van der Waals surface area (Å²) in [5, 5.41) is 5.25. The van der Waals surface area contributed by atoms with Crippen LogP contribution in [0.1, 0.15) is 38.8 Å². The molecule has 8 rings (SSSR count). The fourth-order valence-corrected chi connectivity index (χ4v) is 7.44. The number of hydrogen-bond donors (Lipinski definition) is 0. The van der Waals surface area contributed by atoms with Gasteiger partial charge in [0.15, 0.2) is 0 Å². The normalized spacial score (nSPS) is 14.6. The molecule has 0 aliphatic heterocycles. The molecule has 0 N–H and O–H groups in total. The Morgan fingerprint density at radius 1 is 0.400 bits per heavy atom. The Morgan fingerprint density at radius 2 is 0.978 bits per heavy atom. The molecule has 0 spiro atoms. The average molecular weight is 580 g/mol. The lowest BCUT2D eigenvalue weighted by atomic mass is 9.55. The van der Waals surface area contributed by atoms with E-state index in [2.05, 4.69) is 184 Å². The van der Waals surface area contributed by atoms with Gasteiger partial charge in [0.1, 0.15) is 0 Å². The number of nitrogens with zero attached hydrogens (tertiary/aromatic N) is 1. The van der Waals surface area contributed by atoms with Crippen LogP contribution in [0.2, 0.25) is 0 Å². The number of benzene rings is 7. The maximum Gasteiger partial charge on any atom is 0.0464 e. The second-order valence-electron chi connectivity index (χ2n) is 13.4. The van der Waals surface area contributed by atoms with E-state index in [4.69, 9.17) is 0 Å². The molecule has 218 valence electrons. The van der Waals surface area contributed by atoms with Crippen molar-refractivity contribution in [1.29, 1.82) is 0 Å². The minimum absolute atomic E-state index is 0.0807. The fraction of sp³-hybridized carbons (Fsp3) is 0.136. The van der Waals surface area contributed by atoms with Crippen LogP contribution >= 0.6 is 0 Å². The van der Waals surface area contributed by atoms with Gasteiger partial charge in [-0.2, -0.15) is 0 Å². The van der Waals surface area contributed by atoms with Crippen LogP contribution in [0.3, 0.4) is 0 Å². The Hall–Kier alpha value is -5.14. The lowest BCUT2D eigenvalue weighted by molar-refractivity contribution is 0.299. The number of para-hydroxylation sites is 1. The summed E-state index contributed by atoms with van der Waals surface area (Å²) in [6.45, 7) is 9.69. The van der Waals surface area contributed by atoms with Crippen LogP contribution in [0, 0.1) is 0 Å². The fourth-order valence-electron chi connectivity index (χ4n) is 7.44. The molecule has 0 amide bonds. The highest BCUT2D eigenvalue weighted by Gasteiger charge is 2.46. The van der Waals surface area contributed by atoms with Gasteiger partial charge in [0.05, 0.1) is 0 Å². The van der Waals surface area contributed by atoms with E-state index in [9.17, 15) is 0 Å². The molecule has 1 heteroatoms. The summed E-state index contributed by atoms with van der Waals surface area (Å²) in [6, 6.07) is 55.6. The van der Waals surface area contributed by atoms with Gasteiger partial charge < -0.3 is 4.90 Å². The Kier molecular flexibility index (Phi) is 6.22. The third kappa shape index (κ3) is 4.22. The van der Waals surface area contributed by atoms with Gasteiger partial charge in [-0.15, -0.1) is 0 Å². The third-order valence-corrected chi connectivity index (χ3v) is 10.6. The van der Waals surface area contributed by atoms with E-state index in [0.717, 1.165) is 11.4 Å². The molecule has 0 atom stereocenters. The van der Waals surface area contributed by atoms with Crippen LogP contribution in [0.25, 0.3) is 43.8 Å². The molecule has 0 radical (unpaired) electrons. The van der Waals surface area contributed by atoms with Gasteiger partial charge in [-0.1, -0.05) is 143 Å². The smallest absolute Gasteiger partial charge is 0.0464 e. The standard InChI is InChI=1S/C44H37N/c1-43(2)40-28-27-37-36-18-12-11-15-32(36)21-25-38(37)42(40)39-26-24-35(29-41(39)44(43,3)4)45(33-16-9-6-10-17-33)34-22-19-31(20-23-34)30-13-7-5-8-14-30/h5-29H,1-4H3. The molecule has 45 heavy (non-hydrogen) atoms. The van der Waals surface area contributed by atoms with E-state index in [1.54, 1.807) is 0 Å². The van der Waals surface area contributed by atoms with Crippen molar-refractivity contribution in [2.24, 2.45) is 0 Å². The number of anilines is 3. The first-order valence-electron chi connectivity index (χ1n) is 16.0. The van der Waals surface area contributed by atoms with Gasteiger partial charge >= 0.3 is 0 Å². The molecule has 0 saturated carbocycles. The molecular weight excluding hydrogens is 542 g/mol. The van der Waals surface area contributed by atoms with Crippen LogP contribution in [-0.4, -0.2) is 0 Å². The largest absolute Gasteiger partial charge is 0.310 e.